The Bertz CT molecular complexity index is 1400. The number of nitrogens with zero attached hydrogens (tertiary/aromatic N) is 5. The number of amides is 1. The quantitative estimate of drug-likeness (QED) is 0.427. The molecule has 37 heavy (non-hydrogen) atoms. The minimum Gasteiger partial charge on any atom is -0.395 e. The van der Waals surface area contributed by atoms with Gasteiger partial charge < -0.3 is 19.7 Å². The van der Waals surface area contributed by atoms with Gasteiger partial charge in [-0.15, -0.1) is 0 Å². The average molecular weight is 519 g/mol. The van der Waals surface area contributed by atoms with Gasteiger partial charge in [-0.1, -0.05) is 36.7 Å². The molecule has 3 aromatic heterocycles. The summed E-state index contributed by atoms with van der Waals surface area (Å²) in [5.41, 5.74) is 3.03. The molecule has 2 saturated carbocycles. The lowest BCUT2D eigenvalue weighted by Crippen LogP contribution is -2.27. The number of pyridine rings is 1. The summed E-state index contributed by atoms with van der Waals surface area (Å²) in [5, 5.41) is 13.4. The van der Waals surface area contributed by atoms with Gasteiger partial charge in [-0.3, -0.25) is 4.79 Å². The molecule has 1 amide bonds. The molecule has 0 spiro atoms. The van der Waals surface area contributed by atoms with Gasteiger partial charge in [0.15, 0.2) is 0 Å². The Kier molecular flexibility index (Phi) is 6.24. The van der Waals surface area contributed by atoms with E-state index in [2.05, 4.69) is 57.1 Å². The van der Waals surface area contributed by atoms with Gasteiger partial charge in [0, 0.05) is 36.0 Å². The lowest BCUT2D eigenvalue weighted by atomic mass is 9.78. The molecule has 3 aliphatic rings. The number of carbonyl (C=O) groups is 1. The van der Waals surface area contributed by atoms with E-state index in [0.29, 0.717) is 30.6 Å². The first kappa shape index (κ1) is 24.1. The number of fused-ring (bicyclic) bond motifs is 1. The van der Waals surface area contributed by atoms with Gasteiger partial charge in [-0.25, -0.2) is 15.0 Å². The molecule has 0 bridgehead atoms. The second-order valence-corrected chi connectivity index (χ2v) is 11.2. The van der Waals surface area contributed by atoms with Crippen LogP contribution >= 0.6 is 11.6 Å². The van der Waals surface area contributed by atoms with Crippen LogP contribution in [0.15, 0.2) is 60.2 Å². The number of anilines is 2. The Morgan fingerprint density at radius 3 is 2.95 bits per heavy atom. The molecule has 192 valence electrons. The summed E-state index contributed by atoms with van der Waals surface area (Å²) in [6, 6.07) is 5.98. The normalized spacial score (nSPS) is 24.7. The third-order valence-electron chi connectivity index (χ3n) is 7.80. The van der Waals surface area contributed by atoms with E-state index >= 15 is 0 Å². The molecule has 3 atom stereocenters. The van der Waals surface area contributed by atoms with Gasteiger partial charge in [0.05, 0.1) is 18.8 Å². The molecule has 0 aromatic carbocycles. The monoisotopic (exact) mass is 518 g/mol. The third kappa shape index (κ3) is 5.13. The number of allylic oxidation sites excluding steroid dienone is 4. The molecule has 3 heterocycles. The number of aliphatic hydroxyl groups is 1. The van der Waals surface area contributed by atoms with E-state index in [-0.39, 0.29) is 29.8 Å². The summed E-state index contributed by atoms with van der Waals surface area (Å²) >= 11 is 6.23. The maximum absolute atomic E-state index is 13.0. The second kappa shape index (κ2) is 9.58. The first-order chi connectivity index (χ1) is 17.9. The maximum atomic E-state index is 13.0. The van der Waals surface area contributed by atoms with Gasteiger partial charge in [-0.2, -0.15) is 0 Å². The van der Waals surface area contributed by atoms with Crippen molar-refractivity contribution in [2.75, 3.05) is 23.4 Å². The number of nitrogens with one attached hydrogen (secondary N) is 1. The Morgan fingerprint density at radius 1 is 1.30 bits per heavy atom. The fourth-order valence-corrected chi connectivity index (χ4v) is 5.85. The van der Waals surface area contributed by atoms with Crippen molar-refractivity contribution in [3.05, 3.63) is 71.4 Å². The lowest BCUT2D eigenvalue weighted by Gasteiger charge is -2.27. The number of carbonyl (C=O) groups excluding carboxylic acids is 1. The van der Waals surface area contributed by atoms with Crippen LogP contribution in [0.1, 0.15) is 49.8 Å². The van der Waals surface area contributed by atoms with Crippen molar-refractivity contribution < 1.29 is 9.90 Å². The van der Waals surface area contributed by atoms with Gasteiger partial charge in [0.1, 0.15) is 23.6 Å². The number of aromatic nitrogens is 4. The van der Waals surface area contributed by atoms with E-state index < -0.39 is 0 Å². The van der Waals surface area contributed by atoms with Crippen LogP contribution in [-0.4, -0.2) is 43.5 Å². The highest BCUT2D eigenvalue weighted by molar-refractivity contribution is 6.31. The molecular weight excluding hydrogens is 488 g/mol. The minimum absolute atomic E-state index is 0.0300. The number of hydrogen-bond donors (Lipinski definition) is 2. The molecule has 0 saturated heterocycles. The van der Waals surface area contributed by atoms with Crippen LogP contribution < -0.4 is 10.2 Å². The van der Waals surface area contributed by atoms with Crippen molar-refractivity contribution in [3.8, 4) is 0 Å². The molecule has 3 aromatic rings. The van der Waals surface area contributed by atoms with Crippen molar-refractivity contribution >= 4 is 34.8 Å². The summed E-state index contributed by atoms with van der Waals surface area (Å²) in [4.78, 5) is 28.4. The summed E-state index contributed by atoms with van der Waals surface area (Å²) in [7, 11) is 0. The molecule has 2 N–H and O–H groups in total. The van der Waals surface area contributed by atoms with Crippen LogP contribution in [0.25, 0.3) is 5.65 Å². The van der Waals surface area contributed by atoms with Crippen molar-refractivity contribution in [2.24, 2.45) is 17.3 Å². The molecule has 6 rings (SSSR count). The van der Waals surface area contributed by atoms with Gasteiger partial charge in [-0.05, 0) is 60.6 Å². The van der Waals surface area contributed by atoms with E-state index in [1.807, 2.05) is 17.2 Å². The number of rotatable bonds is 9. The fourth-order valence-electron chi connectivity index (χ4n) is 5.51. The topological polar surface area (TPSA) is 95.7 Å². The highest BCUT2D eigenvalue weighted by atomic mass is 35.5. The number of halogens is 1. The van der Waals surface area contributed by atoms with Crippen LogP contribution in [0.5, 0.6) is 0 Å². The smallest absolute Gasteiger partial charge is 0.228 e. The minimum atomic E-state index is -0.101. The predicted molar refractivity (Wildman–Crippen MR) is 143 cm³/mol. The van der Waals surface area contributed by atoms with Crippen molar-refractivity contribution in [1.82, 2.24) is 19.4 Å². The molecule has 0 radical (unpaired) electrons. The predicted octanol–water partition coefficient (Wildman–Crippen LogP) is 4.66. The highest BCUT2D eigenvalue weighted by Gasteiger charge is 2.52. The summed E-state index contributed by atoms with van der Waals surface area (Å²) < 4.78 is 2.07. The van der Waals surface area contributed by atoms with Crippen molar-refractivity contribution in [2.45, 2.75) is 45.1 Å². The number of aliphatic hydroxyl groups excluding tert-OH is 1. The van der Waals surface area contributed by atoms with Crippen LogP contribution in [0.3, 0.4) is 0 Å². The fraction of sp³-hybridized carbons (Fsp3) is 0.429. The molecule has 8 nitrogen and oxygen atoms in total. The van der Waals surface area contributed by atoms with E-state index in [1.54, 1.807) is 6.07 Å². The Balaban J connectivity index is 1.14. The molecular formula is C28H31ClN6O2. The van der Waals surface area contributed by atoms with E-state index in [9.17, 15) is 9.90 Å². The van der Waals surface area contributed by atoms with Gasteiger partial charge in [0.2, 0.25) is 5.91 Å². The second-order valence-electron chi connectivity index (χ2n) is 10.7. The lowest BCUT2D eigenvalue weighted by molar-refractivity contribution is -0.117. The zero-order valence-electron chi connectivity index (χ0n) is 20.8. The highest BCUT2D eigenvalue weighted by Crippen LogP contribution is 2.55. The molecule has 0 aliphatic heterocycles. The SMILES string of the molecule is CC1([C@H]2C[C@@H]2C(=O)Nc2cc(N(CCO)Cc3cn4cc(C5CC5)ccc4n3)ncn2)C=C(Cl)C=CC1. The van der Waals surface area contributed by atoms with Crippen LogP contribution in [-0.2, 0) is 11.3 Å². The Hall–Kier alpha value is -3.23. The van der Waals surface area contributed by atoms with Crippen LogP contribution in [0.4, 0.5) is 11.6 Å². The molecule has 2 fully saturated rings. The van der Waals surface area contributed by atoms with Crippen molar-refractivity contribution in [1.29, 1.82) is 0 Å². The van der Waals surface area contributed by atoms with E-state index in [0.717, 1.165) is 29.2 Å². The van der Waals surface area contributed by atoms with Crippen LogP contribution in [0.2, 0.25) is 0 Å². The van der Waals surface area contributed by atoms with Gasteiger partial charge >= 0.3 is 0 Å². The van der Waals surface area contributed by atoms with Gasteiger partial charge in [0.25, 0.3) is 0 Å². The summed E-state index contributed by atoms with van der Waals surface area (Å²) in [5.74, 6) is 1.92. The zero-order chi connectivity index (χ0) is 25.6. The standard InChI is InChI=1S/C28H31ClN6O2/c1-28(8-2-3-20(29)13-28)23-11-22(23)27(37)33-24-12-26(31-17-30-24)34(9-10-36)15-21-16-35-14-19(18-4-5-18)6-7-25(35)32-21/h2-3,6-7,12-14,16-18,22-23,36H,4-5,8-11,15H2,1H3,(H,30,31,33,37)/t22-,23-,28?/m0/s1. The number of imidazole rings is 1. The average Bonchev–Trinajstić information content (AvgIpc) is 3.79. The first-order valence-corrected chi connectivity index (χ1v) is 13.3. The molecule has 9 heteroatoms. The molecule has 3 aliphatic carbocycles. The zero-order valence-corrected chi connectivity index (χ0v) is 21.6. The van der Waals surface area contributed by atoms with Crippen LogP contribution in [0, 0.1) is 17.3 Å². The Morgan fingerprint density at radius 2 is 2.16 bits per heavy atom. The Labute approximate surface area is 221 Å². The van der Waals surface area contributed by atoms with E-state index in [4.69, 9.17) is 16.6 Å². The first-order valence-electron chi connectivity index (χ1n) is 12.9. The third-order valence-corrected chi connectivity index (χ3v) is 8.03. The summed E-state index contributed by atoms with van der Waals surface area (Å²) in [6.07, 6.45) is 16.0. The maximum Gasteiger partial charge on any atom is 0.228 e. The number of hydrogen-bond acceptors (Lipinski definition) is 6. The molecule has 1 unspecified atom stereocenters. The van der Waals surface area contributed by atoms with Crippen molar-refractivity contribution in [3.63, 3.8) is 0 Å². The van der Waals surface area contributed by atoms with E-state index in [1.165, 1.54) is 24.7 Å². The largest absolute Gasteiger partial charge is 0.395 e. The summed E-state index contributed by atoms with van der Waals surface area (Å²) in [6.45, 7) is 3.00.